The van der Waals surface area contributed by atoms with Gasteiger partial charge in [-0.1, -0.05) is 0 Å². The van der Waals surface area contributed by atoms with E-state index >= 15 is 0 Å². The van der Waals surface area contributed by atoms with E-state index in [1.54, 1.807) is 32.0 Å². The largest absolute Gasteiger partial charge is 0.454 e. The molecule has 2 aliphatic heterocycles. The highest BCUT2D eigenvalue weighted by molar-refractivity contribution is 6.09. The van der Waals surface area contributed by atoms with Gasteiger partial charge in [0.1, 0.15) is 12.1 Å². The fourth-order valence-electron chi connectivity index (χ4n) is 2.28. The zero-order valence-corrected chi connectivity index (χ0v) is 12.1. The number of hydrogen-bond donors (Lipinski definition) is 2. The third kappa shape index (κ3) is 2.43. The summed E-state index contributed by atoms with van der Waals surface area (Å²) >= 11 is 0. The number of amides is 4. The Kier molecular flexibility index (Phi) is 3.16. The van der Waals surface area contributed by atoms with Gasteiger partial charge >= 0.3 is 6.03 Å². The van der Waals surface area contributed by atoms with E-state index in [0.29, 0.717) is 17.2 Å². The maximum absolute atomic E-state index is 12.0. The number of hydrogen-bond acceptors (Lipinski definition) is 5. The summed E-state index contributed by atoms with van der Waals surface area (Å²) in [6.45, 7) is 2.97. The van der Waals surface area contributed by atoms with Crippen molar-refractivity contribution < 1.29 is 23.9 Å². The first-order chi connectivity index (χ1) is 10.4. The average Bonchev–Trinajstić information content (AvgIpc) is 2.97. The quantitative estimate of drug-likeness (QED) is 0.801. The van der Waals surface area contributed by atoms with Gasteiger partial charge in [0.05, 0.1) is 0 Å². The van der Waals surface area contributed by atoms with E-state index in [0.717, 1.165) is 4.90 Å². The second kappa shape index (κ2) is 4.90. The van der Waals surface area contributed by atoms with E-state index in [9.17, 15) is 14.4 Å². The van der Waals surface area contributed by atoms with Crippen LogP contribution in [0, 0.1) is 0 Å². The predicted octanol–water partition coefficient (Wildman–Crippen LogP) is 0.684. The summed E-state index contributed by atoms with van der Waals surface area (Å²) in [7, 11) is 0. The van der Waals surface area contributed by atoms with Gasteiger partial charge in [0.25, 0.3) is 5.91 Å². The van der Waals surface area contributed by atoms with Crippen molar-refractivity contribution in [3.8, 4) is 11.5 Å². The fraction of sp³-hybridized carbons (Fsp3) is 0.357. The first kappa shape index (κ1) is 14.2. The van der Waals surface area contributed by atoms with E-state index < -0.39 is 23.4 Å². The summed E-state index contributed by atoms with van der Waals surface area (Å²) in [4.78, 5) is 36.6. The normalized spacial score (nSPS) is 18.4. The van der Waals surface area contributed by atoms with Crippen LogP contribution in [0.5, 0.6) is 11.5 Å². The van der Waals surface area contributed by atoms with E-state index in [4.69, 9.17) is 9.47 Å². The van der Waals surface area contributed by atoms with Gasteiger partial charge in [-0.15, -0.1) is 0 Å². The van der Waals surface area contributed by atoms with E-state index in [-0.39, 0.29) is 13.3 Å². The molecule has 1 saturated heterocycles. The number of imide groups is 1. The first-order valence-electron chi connectivity index (χ1n) is 6.70. The molecule has 4 amide bonds. The van der Waals surface area contributed by atoms with E-state index in [2.05, 4.69) is 10.6 Å². The number of ether oxygens (including phenoxy) is 2. The average molecular weight is 305 g/mol. The lowest BCUT2D eigenvalue weighted by Gasteiger charge is -2.15. The molecule has 116 valence electrons. The number of fused-ring (bicyclic) bond motifs is 1. The van der Waals surface area contributed by atoms with Crippen LogP contribution >= 0.6 is 0 Å². The summed E-state index contributed by atoms with van der Waals surface area (Å²) in [5.74, 6) is 0.237. The summed E-state index contributed by atoms with van der Waals surface area (Å²) in [5.41, 5.74) is -0.489. The lowest BCUT2D eigenvalue weighted by molar-refractivity contribution is -0.132. The third-order valence-corrected chi connectivity index (χ3v) is 3.40. The molecule has 1 aromatic rings. The zero-order chi connectivity index (χ0) is 15.9. The molecule has 3 rings (SSSR count). The van der Waals surface area contributed by atoms with Crippen LogP contribution in [0.2, 0.25) is 0 Å². The number of rotatable bonds is 3. The number of anilines is 1. The summed E-state index contributed by atoms with van der Waals surface area (Å²) in [6, 6.07) is 4.38. The topological polar surface area (TPSA) is 97.0 Å². The van der Waals surface area contributed by atoms with E-state index in [1.807, 2.05) is 0 Å². The first-order valence-corrected chi connectivity index (χ1v) is 6.70. The van der Waals surface area contributed by atoms with Gasteiger partial charge in [0, 0.05) is 11.8 Å². The molecule has 0 bridgehead atoms. The third-order valence-electron chi connectivity index (χ3n) is 3.40. The Morgan fingerprint density at radius 1 is 1.32 bits per heavy atom. The molecule has 2 aliphatic rings. The number of carbonyl (C=O) groups is 3. The molecule has 8 heteroatoms. The monoisotopic (exact) mass is 305 g/mol. The van der Waals surface area contributed by atoms with Crippen molar-refractivity contribution in [2.24, 2.45) is 0 Å². The predicted molar refractivity (Wildman–Crippen MR) is 75.5 cm³/mol. The molecule has 0 unspecified atom stereocenters. The number of nitrogens with zero attached hydrogens (tertiary/aromatic N) is 1. The molecule has 0 spiro atoms. The Morgan fingerprint density at radius 2 is 2.05 bits per heavy atom. The SMILES string of the molecule is CC1(C)NC(=O)N(CC(=O)Nc2ccc3c(c2)OCO3)C1=O. The molecule has 22 heavy (non-hydrogen) atoms. The standard InChI is InChI=1S/C14H15N3O5/c1-14(2)12(19)17(13(20)16-14)6-11(18)15-8-3-4-9-10(5-8)22-7-21-9/h3-5H,6-7H2,1-2H3,(H,15,18)(H,16,20). The fourth-order valence-corrected chi connectivity index (χ4v) is 2.28. The molecule has 1 fully saturated rings. The van der Waals surface area contributed by atoms with Gasteiger partial charge in [-0.2, -0.15) is 0 Å². The molecular weight excluding hydrogens is 290 g/mol. The molecule has 0 saturated carbocycles. The summed E-state index contributed by atoms with van der Waals surface area (Å²) in [6.07, 6.45) is 0. The highest BCUT2D eigenvalue weighted by Gasteiger charge is 2.44. The maximum Gasteiger partial charge on any atom is 0.325 e. The van der Waals surface area contributed by atoms with Crippen LogP contribution < -0.4 is 20.1 Å². The van der Waals surface area contributed by atoms with Crippen LogP contribution in [0.15, 0.2) is 18.2 Å². The zero-order valence-electron chi connectivity index (χ0n) is 12.1. The van der Waals surface area contributed by atoms with Crippen LogP contribution in [0.25, 0.3) is 0 Å². The minimum absolute atomic E-state index is 0.143. The van der Waals surface area contributed by atoms with Crippen LogP contribution in [0.1, 0.15) is 13.8 Å². The lowest BCUT2D eigenvalue weighted by Crippen LogP contribution is -2.41. The minimum Gasteiger partial charge on any atom is -0.454 e. The van der Waals surface area contributed by atoms with Crippen LogP contribution in [-0.4, -0.2) is 41.6 Å². The molecular formula is C14H15N3O5. The van der Waals surface area contributed by atoms with Gasteiger partial charge in [-0.05, 0) is 26.0 Å². The summed E-state index contributed by atoms with van der Waals surface area (Å²) in [5, 5.41) is 5.14. The number of nitrogens with one attached hydrogen (secondary N) is 2. The second-order valence-corrected chi connectivity index (χ2v) is 5.56. The van der Waals surface area contributed by atoms with Crippen LogP contribution in [-0.2, 0) is 9.59 Å². The highest BCUT2D eigenvalue weighted by atomic mass is 16.7. The van der Waals surface area contributed by atoms with Gasteiger partial charge < -0.3 is 20.1 Å². The Labute approximate surface area is 126 Å². The van der Waals surface area contributed by atoms with Crippen molar-refractivity contribution in [3.05, 3.63) is 18.2 Å². The Bertz CT molecular complexity index is 670. The van der Waals surface area contributed by atoms with Gasteiger partial charge in [-0.25, -0.2) is 4.79 Å². The van der Waals surface area contributed by atoms with Crippen molar-refractivity contribution in [3.63, 3.8) is 0 Å². The molecule has 0 aliphatic carbocycles. The van der Waals surface area contributed by atoms with E-state index in [1.165, 1.54) is 0 Å². The molecule has 1 aromatic carbocycles. The van der Waals surface area contributed by atoms with Crippen molar-refractivity contribution in [1.82, 2.24) is 10.2 Å². The van der Waals surface area contributed by atoms with Crippen molar-refractivity contribution >= 4 is 23.5 Å². The number of urea groups is 1. The number of carbonyl (C=O) groups excluding carboxylic acids is 3. The van der Waals surface area contributed by atoms with Gasteiger partial charge in [0.15, 0.2) is 11.5 Å². The molecule has 2 heterocycles. The highest BCUT2D eigenvalue weighted by Crippen LogP contribution is 2.34. The Hall–Kier alpha value is -2.77. The van der Waals surface area contributed by atoms with Gasteiger partial charge in [-0.3, -0.25) is 14.5 Å². The van der Waals surface area contributed by atoms with Crippen LogP contribution in [0.3, 0.4) is 0 Å². The number of benzene rings is 1. The maximum atomic E-state index is 12.0. The second-order valence-electron chi connectivity index (χ2n) is 5.56. The Balaban J connectivity index is 1.66. The molecule has 2 N–H and O–H groups in total. The summed E-state index contributed by atoms with van der Waals surface area (Å²) < 4.78 is 10.4. The van der Waals surface area contributed by atoms with Crippen molar-refractivity contribution in [2.45, 2.75) is 19.4 Å². The molecule has 0 atom stereocenters. The van der Waals surface area contributed by atoms with Crippen LogP contribution in [0.4, 0.5) is 10.5 Å². The van der Waals surface area contributed by atoms with Gasteiger partial charge in [0.2, 0.25) is 12.7 Å². The molecule has 8 nitrogen and oxygen atoms in total. The molecule has 0 aromatic heterocycles. The van der Waals surface area contributed by atoms with Crippen molar-refractivity contribution in [2.75, 3.05) is 18.7 Å². The smallest absolute Gasteiger partial charge is 0.325 e. The Morgan fingerprint density at radius 3 is 2.73 bits per heavy atom. The van der Waals surface area contributed by atoms with Crippen molar-refractivity contribution in [1.29, 1.82) is 0 Å². The molecule has 0 radical (unpaired) electrons. The lowest BCUT2D eigenvalue weighted by atomic mass is 10.1. The minimum atomic E-state index is -0.990.